The van der Waals surface area contributed by atoms with E-state index in [0.717, 1.165) is 27.7 Å². The number of hydrogen-bond donors (Lipinski definition) is 1. The van der Waals surface area contributed by atoms with Crippen molar-refractivity contribution in [2.45, 2.75) is 13.3 Å². The van der Waals surface area contributed by atoms with Crippen molar-refractivity contribution in [3.63, 3.8) is 0 Å². The molecule has 0 saturated heterocycles. The molecule has 1 N–H and O–H groups in total. The summed E-state index contributed by atoms with van der Waals surface area (Å²) in [6.45, 7) is 2.59. The van der Waals surface area contributed by atoms with Crippen LogP contribution < -0.4 is 19.5 Å². The Labute approximate surface area is 184 Å². The molecule has 0 saturated carbocycles. The smallest absolute Gasteiger partial charge is 0.230 e. The summed E-state index contributed by atoms with van der Waals surface area (Å²) in [5, 5.41) is 4.86. The third-order valence-electron chi connectivity index (χ3n) is 4.72. The lowest BCUT2D eigenvalue weighted by Crippen LogP contribution is -2.15. The second kappa shape index (κ2) is 9.09. The second-order valence-electron chi connectivity index (χ2n) is 6.79. The summed E-state index contributed by atoms with van der Waals surface area (Å²) in [6, 6.07) is 13.1. The second-order valence-corrected chi connectivity index (χ2v) is 7.63. The predicted molar refractivity (Wildman–Crippen MR) is 122 cm³/mol. The molecule has 4 aromatic rings. The van der Waals surface area contributed by atoms with Crippen molar-refractivity contribution in [2.75, 3.05) is 26.1 Å². The number of carbonyl (C=O) groups is 1. The lowest BCUT2D eigenvalue weighted by atomic mass is 10.1. The van der Waals surface area contributed by atoms with Gasteiger partial charge in [0.2, 0.25) is 5.91 Å². The number of ether oxygens (including phenoxy) is 3. The van der Waals surface area contributed by atoms with Crippen molar-refractivity contribution in [1.29, 1.82) is 0 Å². The first-order valence-electron chi connectivity index (χ1n) is 9.81. The number of nitrogens with zero attached hydrogens (tertiary/aromatic N) is 2. The topological polar surface area (TPSA) is 74.1 Å². The van der Waals surface area contributed by atoms with Gasteiger partial charge in [-0.3, -0.25) is 9.20 Å². The number of imidazole rings is 1. The summed E-state index contributed by atoms with van der Waals surface area (Å²) in [6.07, 6.45) is 2.18. The zero-order valence-electron chi connectivity index (χ0n) is 17.5. The number of benzene rings is 2. The average molecular weight is 438 g/mol. The highest BCUT2D eigenvalue weighted by Crippen LogP contribution is 2.27. The van der Waals surface area contributed by atoms with E-state index in [4.69, 9.17) is 19.2 Å². The van der Waals surface area contributed by atoms with Crippen LogP contribution in [0.25, 0.3) is 16.2 Å². The summed E-state index contributed by atoms with van der Waals surface area (Å²) in [5.41, 5.74) is 3.35. The Hall–Kier alpha value is -3.52. The standard InChI is InChI=1S/C23H23N3O4S/c1-4-30-18-7-5-15(6-8-18)21-13-26-17(14-31-23(26)25-21)11-22(27)24-16-9-19(28-2)12-20(10-16)29-3/h5-10,12-14H,4,11H2,1-3H3,(H,24,27). The monoisotopic (exact) mass is 437 g/mol. The predicted octanol–water partition coefficient (Wildman–Crippen LogP) is 4.66. The number of nitrogens with one attached hydrogen (secondary N) is 1. The van der Waals surface area contributed by atoms with Crippen molar-refractivity contribution >= 4 is 27.9 Å². The molecule has 0 aliphatic carbocycles. The molecule has 0 aliphatic rings. The van der Waals surface area contributed by atoms with E-state index in [1.807, 2.05) is 47.2 Å². The minimum absolute atomic E-state index is 0.133. The third-order valence-corrected chi connectivity index (χ3v) is 5.61. The quantitative estimate of drug-likeness (QED) is 0.434. The van der Waals surface area contributed by atoms with E-state index in [0.29, 0.717) is 23.8 Å². The molecular weight excluding hydrogens is 414 g/mol. The van der Waals surface area contributed by atoms with Gasteiger partial charge in [-0.2, -0.15) is 0 Å². The molecule has 31 heavy (non-hydrogen) atoms. The van der Waals surface area contributed by atoms with E-state index in [9.17, 15) is 4.79 Å². The van der Waals surface area contributed by atoms with Crippen LogP contribution in [-0.2, 0) is 11.2 Å². The van der Waals surface area contributed by atoms with Gasteiger partial charge < -0.3 is 19.5 Å². The van der Waals surface area contributed by atoms with Gasteiger partial charge in [-0.25, -0.2) is 4.98 Å². The van der Waals surface area contributed by atoms with Gasteiger partial charge >= 0.3 is 0 Å². The molecule has 4 rings (SSSR count). The summed E-state index contributed by atoms with van der Waals surface area (Å²) < 4.78 is 18.0. The van der Waals surface area contributed by atoms with Gasteiger partial charge in [0, 0.05) is 46.7 Å². The number of fused-ring (bicyclic) bond motifs is 1. The van der Waals surface area contributed by atoms with Crippen LogP contribution in [0.1, 0.15) is 12.6 Å². The van der Waals surface area contributed by atoms with Crippen LogP contribution in [0.3, 0.4) is 0 Å². The van der Waals surface area contributed by atoms with Crippen LogP contribution in [-0.4, -0.2) is 36.1 Å². The van der Waals surface area contributed by atoms with Crippen LogP contribution in [0.5, 0.6) is 17.2 Å². The van der Waals surface area contributed by atoms with E-state index in [2.05, 4.69) is 5.32 Å². The van der Waals surface area contributed by atoms with Crippen LogP contribution >= 0.6 is 11.3 Å². The Morgan fingerprint density at radius 2 is 1.77 bits per heavy atom. The largest absolute Gasteiger partial charge is 0.497 e. The van der Waals surface area contributed by atoms with Gasteiger partial charge in [0.1, 0.15) is 17.2 Å². The molecule has 0 unspecified atom stereocenters. The minimum atomic E-state index is -0.133. The molecule has 0 radical (unpaired) electrons. The molecule has 0 aliphatic heterocycles. The van der Waals surface area contributed by atoms with Crippen LogP contribution in [0.2, 0.25) is 0 Å². The van der Waals surface area contributed by atoms with E-state index in [-0.39, 0.29) is 12.3 Å². The SMILES string of the molecule is CCOc1ccc(-c2cn3c(CC(=O)Nc4cc(OC)cc(OC)c4)csc3n2)cc1. The Balaban J connectivity index is 1.51. The highest BCUT2D eigenvalue weighted by atomic mass is 32.1. The van der Waals surface area contributed by atoms with Crippen LogP contribution in [0.15, 0.2) is 54.0 Å². The van der Waals surface area contributed by atoms with Crippen molar-refractivity contribution in [3.05, 3.63) is 59.7 Å². The minimum Gasteiger partial charge on any atom is -0.497 e. The first kappa shape index (κ1) is 20.7. The summed E-state index contributed by atoms with van der Waals surface area (Å²) in [5.74, 6) is 1.93. The molecule has 0 atom stereocenters. The number of hydrogen-bond acceptors (Lipinski definition) is 6. The number of aromatic nitrogens is 2. The van der Waals surface area contributed by atoms with Crippen LogP contribution in [0, 0.1) is 0 Å². The maximum atomic E-state index is 12.7. The number of rotatable bonds is 8. The number of amides is 1. The van der Waals surface area contributed by atoms with E-state index < -0.39 is 0 Å². The maximum absolute atomic E-state index is 12.7. The van der Waals surface area contributed by atoms with Crippen molar-refractivity contribution in [2.24, 2.45) is 0 Å². The van der Waals surface area contributed by atoms with Gasteiger partial charge in [-0.15, -0.1) is 11.3 Å². The average Bonchev–Trinajstić information content (AvgIpc) is 3.36. The first-order valence-corrected chi connectivity index (χ1v) is 10.7. The molecule has 2 heterocycles. The Morgan fingerprint density at radius 3 is 2.42 bits per heavy atom. The molecule has 0 spiro atoms. The normalized spacial score (nSPS) is 10.8. The van der Waals surface area contributed by atoms with Gasteiger partial charge in [0.15, 0.2) is 4.96 Å². The molecule has 160 valence electrons. The summed E-state index contributed by atoms with van der Waals surface area (Å²) in [7, 11) is 3.15. The fraction of sp³-hybridized carbons (Fsp3) is 0.217. The van der Waals surface area contributed by atoms with Crippen molar-refractivity contribution in [1.82, 2.24) is 9.38 Å². The van der Waals surface area contributed by atoms with Gasteiger partial charge in [0.05, 0.1) is 32.9 Å². The van der Waals surface area contributed by atoms with Crippen LogP contribution in [0.4, 0.5) is 5.69 Å². The zero-order valence-corrected chi connectivity index (χ0v) is 18.4. The van der Waals surface area contributed by atoms with Gasteiger partial charge in [0.25, 0.3) is 0 Å². The summed E-state index contributed by atoms with van der Waals surface area (Å²) in [4.78, 5) is 18.2. The zero-order chi connectivity index (χ0) is 21.8. The first-order chi connectivity index (χ1) is 15.1. The molecular formula is C23H23N3O4S. The van der Waals surface area contributed by atoms with Crippen molar-refractivity contribution < 1.29 is 19.0 Å². The molecule has 0 bridgehead atoms. The number of thiazole rings is 1. The molecule has 2 aromatic carbocycles. The highest BCUT2D eigenvalue weighted by molar-refractivity contribution is 7.15. The number of methoxy groups -OCH3 is 2. The lowest BCUT2D eigenvalue weighted by Gasteiger charge is -2.09. The highest BCUT2D eigenvalue weighted by Gasteiger charge is 2.14. The van der Waals surface area contributed by atoms with Gasteiger partial charge in [-0.05, 0) is 31.2 Å². The number of carbonyl (C=O) groups excluding carboxylic acids is 1. The Bertz CT molecular complexity index is 1180. The molecule has 0 fully saturated rings. The Morgan fingerprint density at radius 1 is 1.06 bits per heavy atom. The molecule has 7 nitrogen and oxygen atoms in total. The van der Waals surface area contributed by atoms with E-state index in [1.54, 1.807) is 32.4 Å². The van der Waals surface area contributed by atoms with Gasteiger partial charge in [-0.1, -0.05) is 0 Å². The van der Waals surface area contributed by atoms with E-state index in [1.165, 1.54) is 11.3 Å². The maximum Gasteiger partial charge on any atom is 0.230 e. The Kier molecular flexibility index (Phi) is 6.08. The summed E-state index contributed by atoms with van der Waals surface area (Å²) >= 11 is 1.51. The molecule has 2 aromatic heterocycles. The molecule has 8 heteroatoms. The van der Waals surface area contributed by atoms with Crippen molar-refractivity contribution in [3.8, 4) is 28.5 Å². The lowest BCUT2D eigenvalue weighted by molar-refractivity contribution is -0.115. The molecule has 1 amide bonds. The number of anilines is 1. The fourth-order valence-corrected chi connectivity index (χ4v) is 4.11. The van der Waals surface area contributed by atoms with E-state index >= 15 is 0 Å². The fourth-order valence-electron chi connectivity index (χ4n) is 3.23. The third kappa shape index (κ3) is 4.64.